The summed E-state index contributed by atoms with van der Waals surface area (Å²) >= 11 is 0. The molecule has 0 saturated carbocycles. The number of nitrogens with one attached hydrogen (secondary N) is 1. The van der Waals surface area contributed by atoms with Gasteiger partial charge in [0.15, 0.2) is 0 Å². The van der Waals surface area contributed by atoms with Crippen LogP contribution in [0.5, 0.6) is 11.5 Å². The molecule has 20 heavy (non-hydrogen) atoms. The second-order valence-corrected chi connectivity index (χ2v) is 4.24. The summed E-state index contributed by atoms with van der Waals surface area (Å²) in [5.74, 6) is -0.333. The molecule has 1 aromatic rings. The molecular formula is C13H18N2O5. The van der Waals surface area contributed by atoms with E-state index in [0.717, 1.165) is 6.42 Å². The Morgan fingerprint density at radius 1 is 1.40 bits per heavy atom. The first-order chi connectivity index (χ1) is 9.46. The number of carbonyl (C=O) groups excluding carboxylic acids is 1. The molecule has 0 aliphatic heterocycles. The van der Waals surface area contributed by atoms with Gasteiger partial charge >= 0.3 is 5.69 Å². The Labute approximate surface area is 117 Å². The molecule has 0 radical (unpaired) electrons. The number of nitro benzene ring substituents is 1. The van der Waals surface area contributed by atoms with Gasteiger partial charge in [-0.3, -0.25) is 14.9 Å². The van der Waals surface area contributed by atoms with Crippen LogP contribution in [0.3, 0.4) is 0 Å². The minimum Gasteiger partial charge on any atom is -0.496 e. The van der Waals surface area contributed by atoms with Crippen molar-refractivity contribution in [3.05, 3.63) is 27.8 Å². The standard InChI is InChI=1S/C13H18N2O5/c1-5-8(2)14-13(16)11-10(19-3)7-6-9(15(17)18)12(11)20-4/h6-8H,5H2,1-4H3,(H,14,16)/t8-/m1/s1. The molecule has 0 heterocycles. The molecule has 0 aliphatic carbocycles. The summed E-state index contributed by atoms with van der Waals surface area (Å²) in [6.07, 6.45) is 0.741. The lowest BCUT2D eigenvalue weighted by Crippen LogP contribution is -2.32. The van der Waals surface area contributed by atoms with Crippen molar-refractivity contribution in [2.75, 3.05) is 14.2 Å². The average Bonchev–Trinajstić information content (AvgIpc) is 2.44. The molecule has 0 aliphatic rings. The van der Waals surface area contributed by atoms with E-state index < -0.39 is 10.8 Å². The van der Waals surface area contributed by atoms with E-state index in [-0.39, 0.29) is 28.8 Å². The van der Waals surface area contributed by atoms with Crippen LogP contribution < -0.4 is 14.8 Å². The largest absolute Gasteiger partial charge is 0.496 e. The van der Waals surface area contributed by atoms with Crippen molar-refractivity contribution in [3.63, 3.8) is 0 Å². The van der Waals surface area contributed by atoms with Gasteiger partial charge < -0.3 is 14.8 Å². The van der Waals surface area contributed by atoms with Gasteiger partial charge in [-0.05, 0) is 19.4 Å². The molecule has 1 amide bonds. The average molecular weight is 282 g/mol. The lowest BCUT2D eigenvalue weighted by Gasteiger charge is -2.16. The Morgan fingerprint density at radius 3 is 2.50 bits per heavy atom. The highest BCUT2D eigenvalue weighted by Crippen LogP contribution is 2.37. The fraction of sp³-hybridized carbons (Fsp3) is 0.462. The monoisotopic (exact) mass is 282 g/mol. The molecule has 1 N–H and O–H groups in total. The predicted molar refractivity (Wildman–Crippen MR) is 73.4 cm³/mol. The van der Waals surface area contributed by atoms with E-state index >= 15 is 0 Å². The Kier molecular flexibility index (Phi) is 5.31. The van der Waals surface area contributed by atoms with Crippen LogP contribution in [-0.2, 0) is 0 Å². The van der Waals surface area contributed by atoms with E-state index in [0.29, 0.717) is 0 Å². The number of hydrogen-bond donors (Lipinski definition) is 1. The van der Waals surface area contributed by atoms with Crippen molar-refractivity contribution in [2.45, 2.75) is 26.3 Å². The SMILES string of the molecule is CC[C@@H](C)NC(=O)c1c(OC)ccc([N+](=O)[O-])c1OC. The van der Waals surface area contributed by atoms with Crippen molar-refractivity contribution in [3.8, 4) is 11.5 Å². The van der Waals surface area contributed by atoms with Gasteiger partial charge in [-0.2, -0.15) is 0 Å². The molecule has 0 saturated heterocycles. The van der Waals surface area contributed by atoms with Crippen LogP contribution in [0.25, 0.3) is 0 Å². The van der Waals surface area contributed by atoms with Gasteiger partial charge in [0.1, 0.15) is 11.3 Å². The zero-order valence-corrected chi connectivity index (χ0v) is 11.9. The molecular weight excluding hydrogens is 264 g/mol. The van der Waals surface area contributed by atoms with Crippen LogP contribution >= 0.6 is 0 Å². The maximum Gasteiger partial charge on any atom is 0.312 e. The number of benzene rings is 1. The Hall–Kier alpha value is -2.31. The van der Waals surface area contributed by atoms with E-state index in [9.17, 15) is 14.9 Å². The minimum atomic E-state index is -0.599. The maximum absolute atomic E-state index is 12.3. The zero-order chi connectivity index (χ0) is 15.3. The fourth-order valence-corrected chi connectivity index (χ4v) is 1.69. The summed E-state index contributed by atoms with van der Waals surface area (Å²) in [5.41, 5.74) is -0.243. The first-order valence-electron chi connectivity index (χ1n) is 6.16. The van der Waals surface area contributed by atoms with E-state index in [2.05, 4.69) is 5.32 Å². The van der Waals surface area contributed by atoms with Crippen molar-refractivity contribution in [2.24, 2.45) is 0 Å². The quantitative estimate of drug-likeness (QED) is 0.637. The topological polar surface area (TPSA) is 90.7 Å². The number of rotatable bonds is 6. The zero-order valence-electron chi connectivity index (χ0n) is 11.9. The first kappa shape index (κ1) is 15.7. The number of carbonyl (C=O) groups is 1. The van der Waals surface area contributed by atoms with Gasteiger partial charge in [0.2, 0.25) is 5.75 Å². The summed E-state index contributed by atoms with van der Waals surface area (Å²) in [7, 11) is 2.67. The van der Waals surface area contributed by atoms with Gasteiger partial charge in [-0.15, -0.1) is 0 Å². The normalized spacial score (nSPS) is 11.6. The van der Waals surface area contributed by atoms with Gasteiger partial charge in [0.05, 0.1) is 19.1 Å². The predicted octanol–water partition coefficient (Wildman–Crippen LogP) is 2.14. The van der Waals surface area contributed by atoms with Gasteiger partial charge in [0, 0.05) is 12.1 Å². The summed E-state index contributed by atoms with van der Waals surface area (Å²) in [6, 6.07) is 2.57. The molecule has 0 fully saturated rings. The highest BCUT2D eigenvalue weighted by molar-refractivity contribution is 6.01. The highest BCUT2D eigenvalue weighted by Gasteiger charge is 2.27. The third-order valence-electron chi connectivity index (χ3n) is 2.94. The number of nitrogens with zero attached hydrogens (tertiary/aromatic N) is 1. The Morgan fingerprint density at radius 2 is 2.05 bits per heavy atom. The molecule has 0 aromatic heterocycles. The van der Waals surface area contributed by atoms with E-state index in [4.69, 9.17) is 9.47 Å². The van der Waals surface area contributed by atoms with Crippen molar-refractivity contribution in [1.29, 1.82) is 0 Å². The summed E-state index contributed by atoms with van der Waals surface area (Å²) in [4.78, 5) is 22.6. The van der Waals surface area contributed by atoms with Crippen LogP contribution in [0, 0.1) is 10.1 Å². The Bertz CT molecular complexity index is 516. The summed E-state index contributed by atoms with van der Waals surface area (Å²) in [5, 5.41) is 13.7. The Balaban J connectivity index is 3.36. The fourth-order valence-electron chi connectivity index (χ4n) is 1.69. The van der Waals surface area contributed by atoms with E-state index in [1.54, 1.807) is 0 Å². The highest BCUT2D eigenvalue weighted by atomic mass is 16.6. The van der Waals surface area contributed by atoms with E-state index in [1.165, 1.54) is 26.4 Å². The number of amides is 1. The number of methoxy groups -OCH3 is 2. The number of ether oxygens (including phenoxy) is 2. The number of hydrogen-bond acceptors (Lipinski definition) is 5. The second kappa shape index (κ2) is 6.74. The molecule has 0 bridgehead atoms. The van der Waals surface area contributed by atoms with Crippen LogP contribution in [0.4, 0.5) is 5.69 Å². The van der Waals surface area contributed by atoms with Crippen molar-refractivity contribution < 1.29 is 19.2 Å². The molecule has 7 heteroatoms. The smallest absolute Gasteiger partial charge is 0.312 e. The van der Waals surface area contributed by atoms with Crippen molar-refractivity contribution in [1.82, 2.24) is 5.32 Å². The van der Waals surface area contributed by atoms with E-state index in [1.807, 2.05) is 13.8 Å². The van der Waals surface area contributed by atoms with Gasteiger partial charge in [-0.25, -0.2) is 0 Å². The second-order valence-electron chi connectivity index (χ2n) is 4.24. The molecule has 1 aromatic carbocycles. The summed E-state index contributed by atoms with van der Waals surface area (Å²) in [6.45, 7) is 3.76. The van der Waals surface area contributed by atoms with Gasteiger partial charge in [-0.1, -0.05) is 6.92 Å². The molecule has 1 atom stereocenters. The lowest BCUT2D eigenvalue weighted by molar-refractivity contribution is -0.385. The van der Waals surface area contributed by atoms with Crippen molar-refractivity contribution >= 4 is 11.6 Å². The molecule has 0 spiro atoms. The molecule has 1 rings (SSSR count). The maximum atomic E-state index is 12.3. The molecule has 0 unspecified atom stereocenters. The molecule has 7 nitrogen and oxygen atoms in total. The number of nitro groups is 1. The van der Waals surface area contributed by atoms with Crippen LogP contribution in [0.15, 0.2) is 12.1 Å². The first-order valence-corrected chi connectivity index (χ1v) is 6.16. The van der Waals surface area contributed by atoms with Crippen LogP contribution in [-0.4, -0.2) is 31.1 Å². The van der Waals surface area contributed by atoms with Gasteiger partial charge in [0.25, 0.3) is 5.91 Å². The van der Waals surface area contributed by atoms with Crippen LogP contribution in [0.1, 0.15) is 30.6 Å². The summed E-state index contributed by atoms with van der Waals surface area (Å²) < 4.78 is 10.1. The molecule has 110 valence electrons. The third kappa shape index (κ3) is 3.17. The third-order valence-corrected chi connectivity index (χ3v) is 2.94. The lowest BCUT2D eigenvalue weighted by atomic mass is 10.1. The van der Waals surface area contributed by atoms with Crippen LogP contribution in [0.2, 0.25) is 0 Å². The minimum absolute atomic E-state index is 0.0319.